The van der Waals surface area contributed by atoms with Crippen molar-refractivity contribution in [3.8, 4) is 0 Å². The number of fused-ring (bicyclic) bond motifs is 1. The van der Waals surface area contributed by atoms with Crippen LogP contribution in [0.5, 0.6) is 0 Å². The molecule has 15 heavy (non-hydrogen) atoms. The Bertz CT molecular complexity index is 443. The maximum absolute atomic E-state index is 10.6. The summed E-state index contributed by atoms with van der Waals surface area (Å²) >= 11 is 2.93. The molecule has 0 aliphatic carbocycles. The van der Waals surface area contributed by atoms with Crippen LogP contribution in [0.15, 0.2) is 30.3 Å². The molecule has 4 heteroatoms. The minimum atomic E-state index is -0.249. The first-order chi connectivity index (χ1) is 7.25. The second-order valence-electron chi connectivity index (χ2n) is 3.09. The van der Waals surface area contributed by atoms with E-state index in [1.807, 2.05) is 12.1 Å². The van der Waals surface area contributed by atoms with Gasteiger partial charge in [0.1, 0.15) is 0 Å². The fraction of sp³-hybridized carbons (Fsp3) is 0.182. The Morgan fingerprint density at radius 3 is 3.00 bits per heavy atom. The summed E-state index contributed by atoms with van der Waals surface area (Å²) in [5.74, 6) is 0.472. The lowest BCUT2D eigenvalue weighted by Crippen LogP contribution is -1.89. The molecule has 78 valence electrons. The molecule has 2 rings (SSSR count). The van der Waals surface area contributed by atoms with Gasteiger partial charge in [0.15, 0.2) is 0 Å². The van der Waals surface area contributed by atoms with Crippen LogP contribution in [-0.2, 0) is 14.7 Å². The van der Waals surface area contributed by atoms with Crippen molar-refractivity contribution in [2.24, 2.45) is 0 Å². The Kier molecular flexibility index (Phi) is 3.28. The zero-order valence-electron chi connectivity index (χ0n) is 8.23. The highest BCUT2D eigenvalue weighted by atomic mass is 32.2. The molecule has 1 aromatic carbocycles. The van der Waals surface area contributed by atoms with Crippen molar-refractivity contribution < 1.29 is 8.98 Å². The lowest BCUT2D eigenvalue weighted by atomic mass is 10.2. The van der Waals surface area contributed by atoms with Crippen molar-refractivity contribution in [1.82, 2.24) is 0 Å². The Balaban J connectivity index is 2.05. The first kappa shape index (κ1) is 10.5. The van der Waals surface area contributed by atoms with Gasteiger partial charge >= 0.3 is 5.97 Å². The summed E-state index contributed by atoms with van der Waals surface area (Å²) in [6.07, 6.45) is 0. The summed E-state index contributed by atoms with van der Waals surface area (Å²) in [6, 6.07) is 10.4. The van der Waals surface area contributed by atoms with Crippen LogP contribution < -0.4 is 0 Å². The maximum Gasteiger partial charge on any atom is 0.314 e. The average molecular weight is 238 g/mol. The van der Waals surface area contributed by atoms with Crippen LogP contribution in [-0.4, -0.2) is 5.97 Å². The predicted molar refractivity (Wildman–Crippen MR) is 64.9 cm³/mol. The fourth-order valence-electron chi connectivity index (χ4n) is 1.28. The van der Waals surface area contributed by atoms with Gasteiger partial charge in [-0.25, -0.2) is 0 Å². The van der Waals surface area contributed by atoms with Crippen LogP contribution in [0.2, 0.25) is 0 Å². The molecule has 0 fully saturated rings. The molecule has 0 bridgehead atoms. The molecular weight excluding hydrogens is 228 g/mol. The third kappa shape index (κ3) is 2.73. The minimum Gasteiger partial charge on any atom is -0.391 e. The maximum atomic E-state index is 10.6. The highest BCUT2D eigenvalue weighted by Crippen LogP contribution is 2.28. The normalized spacial score (nSPS) is 10.5. The summed E-state index contributed by atoms with van der Waals surface area (Å²) in [7, 11) is 0. The predicted octanol–water partition coefficient (Wildman–Crippen LogP) is 3.61. The molecule has 0 aliphatic rings. The molecule has 0 atom stereocenters. The monoisotopic (exact) mass is 238 g/mol. The van der Waals surface area contributed by atoms with Crippen molar-refractivity contribution >= 4 is 39.4 Å². The number of carbonyl (C=O) groups excluding carboxylic acids is 1. The first-order valence-corrected chi connectivity index (χ1v) is 6.26. The lowest BCUT2D eigenvalue weighted by molar-refractivity contribution is -0.130. The van der Waals surface area contributed by atoms with Crippen LogP contribution in [0.1, 0.15) is 11.8 Å². The molecule has 1 heterocycles. The zero-order valence-corrected chi connectivity index (χ0v) is 9.86. The molecule has 0 saturated carbocycles. The molecular formula is C11H10O2S2. The summed E-state index contributed by atoms with van der Waals surface area (Å²) < 4.78 is 6.10. The third-order valence-electron chi connectivity index (χ3n) is 1.85. The van der Waals surface area contributed by atoms with Crippen LogP contribution in [0.3, 0.4) is 0 Å². The van der Waals surface area contributed by atoms with Crippen LogP contribution >= 0.6 is 23.4 Å². The molecule has 0 radical (unpaired) electrons. The first-order valence-electron chi connectivity index (χ1n) is 4.53. The van der Waals surface area contributed by atoms with Gasteiger partial charge in [-0.1, -0.05) is 18.2 Å². The number of hydrogen-bond acceptors (Lipinski definition) is 4. The molecule has 0 saturated heterocycles. The van der Waals surface area contributed by atoms with Gasteiger partial charge in [0.2, 0.25) is 0 Å². The van der Waals surface area contributed by atoms with E-state index >= 15 is 0 Å². The van der Waals surface area contributed by atoms with Gasteiger partial charge < -0.3 is 4.18 Å². The van der Waals surface area contributed by atoms with Crippen LogP contribution in [0, 0.1) is 0 Å². The number of benzene rings is 1. The van der Waals surface area contributed by atoms with E-state index in [1.165, 1.54) is 33.9 Å². The van der Waals surface area contributed by atoms with Gasteiger partial charge in [-0.3, -0.25) is 4.79 Å². The molecule has 0 aliphatic heterocycles. The Morgan fingerprint density at radius 2 is 2.27 bits per heavy atom. The summed E-state index contributed by atoms with van der Waals surface area (Å²) in [4.78, 5) is 11.8. The van der Waals surface area contributed by atoms with E-state index in [4.69, 9.17) is 4.18 Å². The topological polar surface area (TPSA) is 26.3 Å². The summed E-state index contributed by atoms with van der Waals surface area (Å²) in [5.41, 5.74) is 0. The van der Waals surface area contributed by atoms with Gasteiger partial charge in [0.25, 0.3) is 0 Å². The molecule has 1 aromatic heterocycles. The van der Waals surface area contributed by atoms with Gasteiger partial charge in [0, 0.05) is 16.5 Å². The fourth-order valence-corrected chi connectivity index (χ4v) is 2.94. The van der Waals surface area contributed by atoms with Crippen molar-refractivity contribution in [1.29, 1.82) is 0 Å². The van der Waals surface area contributed by atoms with Gasteiger partial charge in [-0.05, 0) is 17.5 Å². The van der Waals surface area contributed by atoms with Crippen molar-refractivity contribution in [3.63, 3.8) is 0 Å². The van der Waals surface area contributed by atoms with Crippen molar-refractivity contribution in [3.05, 3.63) is 35.2 Å². The quantitative estimate of drug-likeness (QED) is 0.764. The van der Waals surface area contributed by atoms with Crippen molar-refractivity contribution in [2.45, 2.75) is 12.7 Å². The molecule has 0 amide bonds. The smallest absolute Gasteiger partial charge is 0.314 e. The largest absolute Gasteiger partial charge is 0.391 e. The van der Waals surface area contributed by atoms with E-state index in [1.54, 1.807) is 11.3 Å². The summed E-state index contributed by atoms with van der Waals surface area (Å²) in [5, 5.41) is 1.25. The van der Waals surface area contributed by atoms with Gasteiger partial charge in [-0.15, -0.1) is 11.3 Å². The molecule has 2 aromatic rings. The van der Waals surface area contributed by atoms with Gasteiger partial charge in [-0.2, -0.15) is 0 Å². The van der Waals surface area contributed by atoms with E-state index in [0.717, 1.165) is 5.75 Å². The van der Waals surface area contributed by atoms with E-state index in [2.05, 4.69) is 18.2 Å². The second kappa shape index (κ2) is 4.68. The van der Waals surface area contributed by atoms with E-state index in [9.17, 15) is 4.79 Å². The average Bonchev–Trinajstić information content (AvgIpc) is 2.59. The van der Waals surface area contributed by atoms with Gasteiger partial charge in [0.05, 0.1) is 17.8 Å². The molecule has 0 spiro atoms. The number of thiophene rings is 1. The van der Waals surface area contributed by atoms with E-state index < -0.39 is 0 Å². The third-order valence-corrected chi connectivity index (χ3v) is 3.93. The molecule has 2 nitrogen and oxygen atoms in total. The Hall–Kier alpha value is -1.00. The Morgan fingerprint density at radius 1 is 1.47 bits per heavy atom. The summed E-state index contributed by atoms with van der Waals surface area (Å²) in [6.45, 7) is 1.41. The lowest BCUT2D eigenvalue weighted by Gasteiger charge is -1.95. The Labute approximate surface area is 96.5 Å². The standard InChI is InChI=1S/C11H10O2S2/c1-8(12)13-14-7-10-6-9-4-2-3-5-11(9)15-10/h2-6H,7H2,1H3. The zero-order chi connectivity index (χ0) is 10.7. The van der Waals surface area contributed by atoms with E-state index in [0.29, 0.717) is 0 Å². The second-order valence-corrected chi connectivity index (χ2v) is 4.95. The minimum absolute atomic E-state index is 0.249. The molecule has 0 N–H and O–H groups in total. The van der Waals surface area contributed by atoms with Crippen LogP contribution in [0.25, 0.3) is 10.1 Å². The number of hydrogen-bond donors (Lipinski definition) is 0. The number of rotatable bonds is 3. The van der Waals surface area contributed by atoms with Crippen LogP contribution in [0.4, 0.5) is 0 Å². The van der Waals surface area contributed by atoms with Crippen molar-refractivity contribution in [2.75, 3.05) is 0 Å². The number of carbonyl (C=O) groups is 1. The molecule has 0 unspecified atom stereocenters. The SMILES string of the molecule is CC(=O)OSCc1cc2ccccc2s1. The highest BCUT2D eigenvalue weighted by Gasteiger charge is 2.02. The van der Waals surface area contributed by atoms with E-state index in [-0.39, 0.29) is 5.97 Å². The highest BCUT2D eigenvalue weighted by molar-refractivity contribution is 7.94.